The molecule has 0 aliphatic heterocycles. The summed E-state index contributed by atoms with van der Waals surface area (Å²) in [6, 6.07) is 80.7. The Kier molecular flexibility index (Phi) is 14.7. The van der Waals surface area contributed by atoms with Crippen LogP contribution in [0.15, 0.2) is 206 Å². The van der Waals surface area contributed by atoms with E-state index in [0.29, 0.717) is 52.2 Å². The number of hydrogen-bond donors (Lipinski definition) is 0. The maximum absolute atomic E-state index is 11.1. The third-order valence-corrected chi connectivity index (χ3v) is 19.3. The maximum atomic E-state index is 11.1. The lowest BCUT2D eigenvalue weighted by Gasteiger charge is -2.20. The highest BCUT2D eigenvalue weighted by atomic mass is 15.0. The third-order valence-electron chi connectivity index (χ3n) is 19.3. The van der Waals surface area contributed by atoms with Crippen molar-refractivity contribution in [3.05, 3.63) is 251 Å². The number of rotatable bonds is 13. The van der Waals surface area contributed by atoms with Crippen molar-refractivity contribution in [3.63, 3.8) is 0 Å². The molecule has 0 aliphatic carbocycles. The second kappa shape index (κ2) is 23.0. The van der Waals surface area contributed by atoms with Gasteiger partial charge in [-0.15, -0.1) is 0 Å². The average Bonchev–Trinajstić information content (AvgIpc) is 1.73. The van der Waals surface area contributed by atoms with E-state index >= 15 is 0 Å². The summed E-state index contributed by atoms with van der Waals surface area (Å²) < 4.78 is 7.19. The van der Waals surface area contributed by atoms with E-state index in [2.05, 4.69) is 297 Å². The molecule has 91 heavy (non-hydrogen) atoms. The highest BCUT2D eigenvalue weighted by Crippen LogP contribution is 2.46. The van der Waals surface area contributed by atoms with Gasteiger partial charge in [0.25, 0.3) is 0 Å². The van der Waals surface area contributed by atoms with Crippen LogP contribution in [0.3, 0.4) is 0 Å². The van der Waals surface area contributed by atoms with Crippen LogP contribution >= 0.6 is 0 Å². The maximum Gasteiger partial charge on any atom is 0.101 e. The van der Waals surface area contributed by atoms with Crippen LogP contribution in [0.1, 0.15) is 163 Å². The van der Waals surface area contributed by atoms with Gasteiger partial charge in [-0.3, -0.25) is 0 Å². The van der Waals surface area contributed by atoms with Crippen molar-refractivity contribution < 1.29 is 0 Å². The first kappa shape index (κ1) is 58.4. The van der Waals surface area contributed by atoms with E-state index in [4.69, 9.17) is 4.98 Å². The van der Waals surface area contributed by atoms with Crippen molar-refractivity contribution in [2.45, 2.75) is 119 Å². The third kappa shape index (κ3) is 9.98. The van der Waals surface area contributed by atoms with E-state index in [-0.39, 0.29) is 0 Å². The summed E-state index contributed by atoms with van der Waals surface area (Å²) in [6.07, 6.45) is 0. The van der Waals surface area contributed by atoms with Crippen LogP contribution in [0.4, 0.5) is 0 Å². The normalized spacial score (nSPS) is 12.1. The van der Waals surface area contributed by atoms with Crippen molar-refractivity contribution >= 4 is 65.4 Å². The summed E-state index contributed by atoms with van der Waals surface area (Å²) in [5, 5.41) is 29.2. The van der Waals surface area contributed by atoms with E-state index in [1.54, 1.807) is 6.07 Å². The molecule has 0 aliphatic rings. The molecule has 0 N–H and O–H groups in total. The number of pyridine rings is 1. The molecule has 0 saturated carbocycles. The molecule has 0 radical (unpaired) electrons. The number of nitriles is 2. The standard InChI is InChI=1S/C85H76N6/c1-49(2)58-22-34-78-69(40-58)70-41-59(50(3)4)23-35-79(70)89(78)65-28-16-55(17-29-65)77-46-75(68-15-13-14-64(47-86)76(68)48-87)84(56-18-30-66(31-19-56)90-80-36-24-60(51(5)6)42-71(80)72-43-61(52(7)8)25-37-81(72)90)85(88-77)57-20-32-67(33-21-57)91-82-38-26-62(53(9)10)44-73(82)74-45-63(54(11)12)27-39-83(74)91/h13-46,49-54H,1-12H3. The zero-order chi connectivity index (χ0) is 63.3. The molecular formula is C85H76N6. The Labute approximate surface area is 534 Å². The molecule has 0 spiro atoms. The summed E-state index contributed by atoms with van der Waals surface area (Å²) >= 11 is 0. The Morgan fingerprint density at radius 3 is 0.912 bits per heavy atom. The van der Waals surface area contributed by atoms with E-state index in [0.717, 1.165) is 89.4 Å². The topological polar surface area (TPSA) is 75.3 Å². The van der Waals surface area contributed by atoms with Gasteiger partial charge in [-0.1, -0.05) is 168 Å². The first-order valence-corrected chi connectivity index (χ1v) is 32.5. The van der Waals surface area contributed by atoms with E-state index in [1.165, 1.54) is 65.7 Å². The number of aromatic nitrogens is 4. The highest BCUT2D eigenvalue weighted by molar-refractivity contribution is 6.12. The average molecular weight is 1180 g/mol. The van der Waals surface area contributed by atoms with E-state index in [1.807, 2.05) is 12.1 Å². The molecule has 6 heteroatoms. The van der Waals surface area contributed by atoms with E-state index in [9.17, 15) is 10.5 Å². The van der Waals surface area contributed by atoms with Gasteiger partial charge in [-0.25, -0.2) is 4.98 Å². The minimum Gasteiger partial charge on any atom is -0.309 e. The molecule has 14 rings (SSSR count). The fourth-order valence-corrected chi connectivity index (χ4v) is 13.9. The van der Waals surface area contributed by atoms with Crippen LogP contribution in [0.5, 0.6) is 0 Å². The molecule has 0 bridgehead atoms. The van der Waals surface area contributed by atoms with Gasteiger partial charge in [0.05, 0.1) is 55.6 Å². The molecular weight excluding hydrogens is 1100 g/mol. The van der Waals surface area contributed by atoms with Crippen LogP contribution in [0.25, 0.3) is 127 Å². The molecule has 0 fully saturated rings. The molecule has 0 atom stereocenters. The van der Waals surface area contributed by atoms with Gasteiger partial charge < -0.3 is 13.7 Å². The molecule has 0 saturated heterocycles. The monoisotopic (exact) mass is 1180 g/mol. The minimum absolute atomic E-state index is 0.321. The molecule has 4 aromatic heterocycles. The molecule has 0 amide bonds. The van der Waals surface area contributed by atoms with Gasteiger partial charge in [-0.05, 0) is 201 Å². The largest absolute Gasteiger partial charge is 0.309 e. The van der Waals surface area contributed by atoms with Crippen LogP contribution in [-0.2, 0) is 0 Å². The molecule has 14 aromatic rings. The molecule has 6 nitrogen and oxygen atoms in total. The Balaban J connectivity index is 0.990. The summed E-state index contributed by atoms with van der Waals surface area (Å²) in [6.45, 7) is 27.1. The summed E-state index contributed by atoms with van der Waals surface area (Å²) in [7, 11) is 0. The molecule has 10 aromatic carbocycles. The number of hydrogen-bond acceptors (Lipinski definition) is 3. The lowest BCUT2D eigenvalue weighted by molar-refractivity contribution is 0.868. The van der Waals surface area contributed by atoms with Crippen LogP contribution < -0.4 is 0 Å². The fraction of sp³-hybridized carbons (Fsp3) is 0.212. The van der Waals surface area contributed by atoms with Gasteiger partial charge in [0, 0.05) is 71.6 Å². The van der Waals surface area contributed by atoms with E-state index < -0.39 is 0 Å². The molecule has 4 heterocycles. The fourth-order valence-electron chi connectivity index (χ4n) is 13.9. The predicted molar refractivity (Wildman–Crippen MR) is 383 cm³/mol. The second-order valence-electron chi connectivity index (χ2n) is 27.0. The summed E-state index contributed by atoms with van der Waals surface area (Å²) in [5.74, 6) is 2.34. The lowest BCUT2D eigenvalue weighted by Crippen LogP contribution is -2.01. The van der Waals surface area contributed by atoms with Gasteiger partial charge in [0.15, 0.2) is 0 Å². The quantitative estimate of drug-likeness (QED) is 0.115. The van der Waals surface area contributed by atoms with Crippen LogP contribution in [-0.4, -0.2) is 18.7 Å². The predicted octanol–water partition coefficient (Wildman–Crippen LogP) is 23.5. The van der Waals surface area contributed by atoms with Crippen LogP contribution in [0.2, 0.25) is 0 Å². The minimum atomic E-state index is 0.321. The number of benzene rings is 10. The Morgan fingerprint density at radius 1 is 0.308 bits per heavy atom. The van der Waals surface area contributed by atoms with Crippen molar-refractivity contribution in [3.8, 4) is 74.0 Å². The second-order valence-corrected chi connectivity index (χ2v) is 27.0. The van der Waals surface area contributed by atoms with Crippen LogP contribution in [0, 0.1) is 22.7 Å². The van der Waals surface area contributed by atoms with Gasteiger partial charge in [0.2, 0.25) is 0 Å². The van der Waals surface area contributed by atoms with Gasteiger partial charge in [0.1, 0.15) is 12.1 Å². The van der Waals surface area contributed by atoms with Gasteiger partial charge >= 0.3 is 0 Å². The smallest absolute Gasteiger partial charge is 0.101 e. The molecule has 0 unspecified atom stereocenters. The van der Waals surface area contributed by atoms with Crippen molar-refractivity contribution in [2.75, 3.05) is 0 Å². The summed E-state index contributed by atoms with van der Waals surface area (Å²) in [5.41, 5.74) is 25.2. The molecule has 446 valence electrons. The van der Waals surface area contributed by atoms with Gasteiger partial charge in [-0.2, -0.15) is 10.5 Å². The number of fused-ring (bicyclic) bond motifs is 9. The lowest BCUT2D eigenvalue weighted by atomic mass is 9.87. The SMILES string of the molecule is CC(C)c1ccc2c(c1)c1cc(C(C)C)ccc1n2-c1ccc(-c2cc(-c3cccc(C#N)c3C#N)c(-c3ccc(-n4c5ccc(C(C)C)cc5c5cc(C(C)C)ccc54)cc3)c(-c3ccc(-n4c5ccc(C(C)C)cc5c5cc(C(C)C)ccc54)cc3)n2)cc1. The Bertz CT molecular complexity index is 5100. The Morgan fingerprint density at radius 2 is 0.615 bits per heavy atom. The highest BCUT2D eigenvalue weighted by Gasteiger charge is 2.25. The van der Waals surface area contributed by atoms with Crippen molar-refractivity contribution in [1.29, 1.82) is 10.5 Å². The summed E-state index contributed by atoms with van der Waals surface area (Å²) in [4.78, 5) is 5.80. The first-order chi connectivity index (χ1) is 44.0. The van der Waals surface area contributed by atoms with Crippen molar-refractivity contribution in [2.24, 2.45) is 0 Å². The number of nitrogens with zero attached hydrogens (tertiary/aromatic N) is 6. The van der Waals surface area contributed by atoms with Crippen molar-refractivity contribution in [1.82, 2.24) is 18.7 Å². The zero-order valence-corrected chi connectivity index (χ0v) is 54.3. The first-order valence-electron chi connectivity index (χ1n) is 32.5. The Hall–Kier alpha value is -10.3. The zero-order valence-electron chi connectivity index (χ0n) is 54.3.